The largest absolute Gasteiger partial charge is 0.508 e. The summed E-state index contributed by atoms with van der Waals surface area (Å²) in [4.78, 5) is 17.4. The molecule has 28 heavy (non-hydrogen) atoms. The molecule has 0 fully saturated rings. The van der Waals surface area contributed by atoms with Gasteiger partial charge in [-0.2, -0.15) is 0 Å². The minimum atomic E-state index is -1.04. The number of rotatable bonds is 4. The molecule has 1 aromatic carbocycles. The molecule has 1 aromatic heterocycles. The molecule has 6 heteroatoms. The van der Waals surface area contributed by atoms with E-state index in [1.165, 1.54) is 0 Å². The molecule has 3 rings (SSSR count). The highest BCUT2D eigenvalue weighted by Crippen LogP contribution is 2.41. The van der Waals surface area contributed by atoms with Crippen LogP contribution in [0.25, 0.3) is 5.57 Å². The second kappa shape index (κ2) is 7.48. The Morgan fingerprint density at radius 3 is 2.46 bits per heavy atom. The van der Waals surface area contributed by atoms with Crippen LogP contribution >= 0.6 is 22.6 Å². The van der Waals surface area contributed by atoms with E-state index < -0.39 is 11.2 Å². The summed E-state index contributed by atoms with van der Waals surface area (Å²) in [6, 6.07) is 9.25. The first-order valence-corrected chi connectivity index (χ1v) is 10.2. The van der Waals surface area contributed by atoms with Gasteiger partial charge in [0.05, 0.1) is 5.57 Å². The molecule has 0 spiro atoms. The number of Topliss-reactive ketones (excluding diaryl/α,β-unsaturated/α-hetero) is 1. The molecule has 148 valence electrons. The molecule has 0 unspecified atom stereocenters. The summed E-state index contributed by atoms with van der Waals surface area (Å²) < 4.78 is 12.7. The second-order valence-corrected chi connectivity index (χ2v) is 9.01. The van der Waals surface area contributed by atoms with Gasteiger partial charge in [0.25, 0.3) is 0 Å². The maximum absolute atomic E-state index is 13.1. The number of ketones is 1. The number of carbonyl (C=O) groups is 1. The maximum atomic E-state index is 13.1. The van der Waals surface area contributed by atoms with Crippen LogP contribution in [0.4, 0.5) is 0 Å². The van der Waals surface area contributed by atoms with Crippen molar-refractivity contribution >= 4 is 33.9 Å². The summed E-state index contributed by atoms with van der Waals surface area (Å²) in [6.07, 6.45) is 2.43. The smallest absolute Gasteiger partial charge is 0.219 e. The zero-order valence-electron chi connectivity index (χ0n) is 16.7. The number of aliphatic hydroxyl groups is 1. The van der Waals surface area contributed by atoms with Crippen molar-refractivity contribution in [1.82, 2.24) is 4.98 Å². The molecular formula is C22H24INO4. The highest BCUT2D eigenvalue weighted by molar-refractivity contribution is 14.1. The number of carbonyl (C=O) groups excluding carboxylic acids is 1. The number of aryl methyl sites for hydroxylation is 1. The minimum Gasteiger partial charge on any atom is -0.508 e. The lowest BCUT2D eigenvalue weighted by Crippen LogP contribution is -2.49. The SMILES string of the molecule is CCc1ccc(Oc2ccc(I)cn2)cc1C1=C(O)C(C)(C)OC(C)(C)C1=O. The zero-order valence-corrected chi connectivity index (χ0v) is 18.8. The number of halogens is 1. The van der Waals surface area contributed by atoms with Crippen LogP contribution in [0.5, 0.6) is 11.6 Å². The minimum absolute atomic E-state index is 0.0592. The van der Waals surface area contributed by atoms with Crippen molar-refractivity contribution in [3.8, 4) is 11.6 Å². The van der Waals surface area contributed by atoms with Crippen molar-refractivity contribution in [2.24, 2.45) is 0 Å². The molecule has 2 heterocycles. The van der Waals surface area contributed by atoms with Gasteiger partial charge in [-0.15, -0.1) is 0 Å². The van der Waals surface area contributed by atoms with Gasteiger partial charge in [0.1, 0.15) is 22.7 Å². The highest BCUT2D eigenvalue weighted by Gasteiger charge is 2.47. The van der Waals surface area contributed by atoms with Crippen molar-refractivity contribution in [2.75, 3.05) is 0 Å². The molecule has 0 radical (unpaired) electrons. The van der Waals surface area contributed by atoms with Gasteiger partial charge >= 0.3 is 0 Å². The van der Waals surface area contributed by atoms with Gasteiger partial charge in [-0.3, -0.25) is 4.79 Å². The molecule has 0 aliphatic carbocycles. The van der Waals surface area contributed by atoms with Gasteiger partial charge < -0.3 is 14.6 Å². The van der Waals surface area contributed by atoms with Crippen molar-refractivity contribution in [3.05, 3.63) is 57.0 Å². The zero-order chi connectivity index (χ0) is 20.7. The fourth-order valence-corrected chi connectivity index (χ4v) is 3.71. The van der Waals surface area contributed by atoms with E-state index in [4.69, 9.17) is 9.47 Å². The number of aromatic nitrogens is 1. The maximum Gasteiger partial charge on any atom is 0.219 e. The standard InChI is InChI=1S/C22H24INO4/c1-6-13-7-9-15(27-17-10-8-14(23)12-24-17)11-16(13)18-19(25)21(2,3)28-22(4,5)20(18)26/h7-12,25H,6H2,1-5H3. The van der Waals surface area contributed by atoms with E-state index in [-0.39, 0.29) is 11.5 Å². The Labute approximate surface area is 178 Å². The molecular weight excluding hydrogens is 469 g/mol. The van der Waals surface area contributed by atoms with E-state index >= 15 is 0 Å². The van der Waals surface area contributed by atoms with Gasteiger partial charge in [0.15, 0.2) is 5.78 Å². The summed E-state index contributed by atoms with van der Waals surface area (Å²) in [6.45, 7) is 8.99. The number of hydrogen-bond donors (Lipinski definition) is 1. The van der Waals surface area contributed by atoms with Gasteiger partial charge in [-0.1, -0.05) is 13.0 Å². The average Bonchev–Trinajstić information content (AvgIpc) is 2.62. The molecule has 0 atom stereocenters. The van der Waals surface area contributed by atoms with Crippen molar-refractivity contribution < 1.29 is 19.4 Å². The van der Waals surface area contributed by atoms with Crippen LogP contribution in [0.3, 0.4) is 0 Å². The summed E-state index contributed by atoms with van der Waals surface area (Å²) in [7, 11) is 0. The molecule has 2 aromatic rings. The summed E-state index contributed by atoms with van der Waals surface area (Å²) in [5.41, 5.74) is -0.0976. The second-order valence-electron chi connectivity index (χ2n) is 7.76. The van der Waals surface area contributed by atoms with Crippen LogP contribution < -0.4 is 4.74 Å². The summed E-state index contributed by atoms with van der Waals surface area (Å²) >= 11 is 2.18. The van der Waals surface area contributed by atoms with Crippen molar-refractivity contribution in [2.45, 2.75) is 52.2 Å². The molecule has 1 N–H and O–H groups in total. The highest BCUT2D eigenvalue weighted by atomic mass is 127. The van der Waals surface area contributed by atoms with E-state index in [9.17, 15) is 9.90 Å². The molecule has 0 saturated carbocycles. The third kappa shape index (κ3) is 3.93. The normalized spacial score (nSPS) is 18.3. The van der Waals surface area contributed by atoms with Gasteiger partial charge in [0, 0.05) is 15.8 Å². The topological polar surface area (TPSA) is 68.7 Å². The van der Waals surface area contributed by atoms with E-state index in [2.05, 4.69) is 27.6 Å². The van der Waals surface area contributed by atoms with Gasteiger partial charge in [-0.25, -0.2) is 4.98 Å². The Hall–Kier alpha value is -1.93. The van der Waals surface area contributed by atoms with Crippen LogP contribution in [-0.2, 0) is 16.0 Å². The van der Waals surface area contributed by atoms with Crippen LogP contribution in [0.2, 0.25) is 0 Å². The molecule has 0 bridgehead atoms. The number of ether oxygens (including phenoxy) is 2. The number of hydrogen-bond acceptors (Lipinski definition) is 5. The van der Waals surface area contributed by atoms with Gasteiger partial charge in [-0.05, 0) is 86.0 Å². The average molecular weight is 493 g/mol. The fraction of sp³-hybridized carbons (Fsp3) is 0.364. The lowest BCUT2D eigenvalue weighted by molar-refractivity contribution is -0.158. The van der Waals surface area contributed by atoms with Crippen molar-refractivity contribution in [3.63, 3.8) is 0 Å². The Bertz CT molecular complexity index is 946. The third-order valence-electron chi connectivity index (χ3n) is 4.75. The van der Waals surface area contributed by atoms with E-state index in [1.54, 1.807) is 46.0 Å². The predicted octanol–water partition coefficient (Wildman–Crippen LogP) is 5.47. The molecule has 1 aliphatic rings. The van der Waals surface area contributed by atoms with E-state index in [1.807, 2.05) is 25.1 Å². The Kier molecular flexibility index (Phi) is 5.55. The third-order valence-corrected chi connectivity index (χ3v) is 5.38. The first-order valence-electron chi connectivity index (χ1n) is 9.16. The lowest BCUT2D eigenvalue weighted by atomic mass is 9.81. The van der Waals surface area contributed by atoms with Crippen LogP contribution in [0.1, 0.15) is 45.7 Å². The summed E-state index contributed by atoms with van der Waals surface area (Å²) in [5.74, 6) is 0.712. The monoisotopic (exact) mass is 493 g/mol. The number of pyridine rings is 1. The number of nitrogens with zero attached hydrogens (tertiary/aromatic N) is 1. The summed E-state index contributed by atoms with van der Waals surface area (Å²) in [5, 5.41) is 10.9. The molecule has 0 amide bonds. The fourth-order valence-electron chi connectivity index (χ4n) is 3.40. The van der Waals surface area contributed by atoms with E-state index in [0.717, 1.165) is 9.13 Å². The molecule has 0 saturated heterocycles. The van der Waals surface area contributed by atoms with Crippen molar-refractivity contribution in [1.29, 1.82) is 0 Å². The Morgan fingerprint density at radius 1 is 1.14 bits per heavy atom. The first-order chi connectivity index (χ1) is 13.0. The molecule has 5 nitrogen and oxygen atoms in total. The number of aliphatic hydroxyl groups excluding tert-OH is 1. The first kappa shape index (κ1) is 20.8. The Balaban J connectivity index is 2.11. The van der Waals surface area contributed by atoms with Crippen LogP contribution in [0.15, 0.2) is 42.3 Å². The van der Waals surface area contributed by atoms with Crippen LogP contribution in [0, 0.1) is 3.57 Å². The molecule has 1 aliphatic heterocycles. The Morgan fingerprint density at radius 2 is 1.86 bits per heavy atom. The van der Waals surface area contributed by atoms with E-state index in [0.29, 0.717) is 29.2 Å². The van der Waals surface area contributed by atoms with Crippen LogP contribution in [-0.4, -0.2) is 27.1 Å². The predicted molar refractivity (Wildman–Crippen MR) is 117 cm³/mol. The quantitative estimate of drug-likeness (QED) is 0.573. The lowest BCUT2D eigenvalue weighted by Gasteiger charge is -2.40. The number of benzene rings is 1. The van der Waals surface area contributed by atoms with Gasteiger partial charge in [0.2, 0.25) is 5.88 Å².